The van der Waals surface area contributed by atoms with Gasteiger partial charge in [0.25, 0.3) is 0 Å². The van der Waals surface area contributed by atoms with Gasteiger partial charge >= 0.3 is 0 Å². The van der Waals surface area contributed by atoms with E-state index in [9.17, 15) is 0 Å². The van der Waals surface area contributed by atoms with Crippen molar-refractivity contribution in [3.8, 4) is 0 Å². The van der Waals surface area contributed by atoms with Crippen molar-refractivity contribution < 1.29 is 0 Å². The maximum atomic E-state index is 4.87. The maximum absolute atomic E-state index is 4.87. The lowest BCUT2D eigenvalue weighted by Gasteiger charge is -2.09. The fourth-order valence-electron chi connectivity index (χ4n) is 8.01. The van der Waals surface area contributed by atoms with Crippen molar-refractivity contribution in [3.05, 3.63) is 47.5 Å². The fourth-order valence-corrected chi connectivity index (χ4v) is 8.01. The first-order valence-electron chi connectivity index (χ1n) is 23.3. The van der Waals surface area contributed by atoms with Gasteiger partial charge in [-0.15, -0.1) is 0 Å². The molecule has 0 saturated carbocycles. The molecule has 0 spiro atoms. The van der Waals surface area contributed by atoms with Gasteiger partial charge in [0.05, 0.1) is 0 Å². The third-order valence-electron chi connectivity index (χ3n) is 11.4. The van der Waals surface area contributed by atoms with Crippen molar-refractivity contribution in [1.29, 1.82) is 0 Å². The van der Waals surface area contributed by atoms with Crippen LogP contribution in [0, 0.1) is 0 Å². The number of nitrogens with zero attached hydrogens (tertiary/aromatic N) is 3. The molecular formula is C50H83N3. The Balaban J connectivity index is 1.54. The van der Waals surface area contributed by atoms with Crippen LogP contribution < -0.4 is 0 Å². The van der Waals surface area contributed by atoms with Gasteiger partial charge in [-0.05, 0) is 42.5 Å². The SMILES string of the molecule is CCCCCCCCCCCCN=Cc1ccc2c3ccc(C=NCCCCCCCCCCCC)cc3n(CCCCCCCCCCCC)c2c1. The minimum absolute atomic E-state index is 0.942. The Kier molecular flexibility index (Phi) is 26.2. The molecular weight excluding hydrogens is 643 g/mol. The molecule has 3 aromatic rings. The van der Waals surface area contributed by atoms with Crippen molar-refractivity contribution in [2.45, 2.75) is 220 Å². The molecule has 0 bridgehead atoms. The standard InChI is InChI=1S/C50H83N3/c1-4-7-10-13-16-19-22-25-28-31-38-51-43-45-34-36-47-48-37-35-46(44-52-39-32-29-26-23-20-17-14-11-8-5-2)42-50(48)53(49(47)41-45)40-33-30-27-24-21-18-15-12-9-6-3/h34-37,41-44H,4-33,38-40H2,1-3H3. The molecule has 53 heavy (non-hydrogen) atoms. The molecule has 3 heteroatoms. The Bertz CT molecular complexity index is 1270. The molecule has 0 radical (unpaired) electrons. The van der Waals surface area contributed by atoms with Gasteiger partial charge in [0.15, 0.2) is 0 Å². The van der Waals surface area contributed by atoms with E-state index in [2.05, 4.69) is 74.2 Å². The first kappa shape index (κ1) is 45.0. The Morgan fingerprint density at radius 1 is 0.377 bits per heavy atom. The Morgan fingerprint density at radius 2 is 0.679 bits per heavy atom. The smallest absolute Gasteiger partial charge is 0.0497 e. The molecule has 3 nitrogen and oxygen atoms in total. The average molecular weight is 726 g/mol. The van der Waals surface area contributed by atoms with Crippen LogP contribution in [0.2, 0.25) is 0 Å². The molecule has 0 atom stereocenters. The number of rotatable bonds is 35. The van der Waals surface area contributed by atoms with E-state index in [1.165, 1.54) is 226 Å². The third kappa shape index (κ3) is 19.6. The van der Waals surface area contributed by atoms with Crippen LogP contribution in [-0.4, -0.2) is 30.1 Å². The lowest BCUT2D eigenvalue weighted by molar-refractivity contribution is 0.541. The summed E-state index contributed by atoms with van der Waals surface area (Å²) >= 11 is 0. The second-order valence-corrected chi connectivity index (χ2v) is 16.3. The molecule has 0 fully saturated rings. The zero-order valence-corrected chi connectivity index (χ0v) is 35.3. The molecule has 2 aromatic carbocycles. The van der Waals surface area contributed by atoms with Crippen molar-refractivity contribution in [2.24, 2.45) is 9.98 Å². The molecule has 0 aliphatic heterocycles. The number of aromatic nitrogens is 1. The maximum Gasteiger partial charge on any atom is 0.0497 e. The van der Waals surface area contributed by atoms with Gasteiger partial charge in [-0.2, -0.15) is 0 Å². The zero-order valence-electron chi connectivity index (χ0n) is 35.3. The molecule has 0 N–H and O–H groups in total. The summed E-state index contributed by atoms with van der Waals surface area (Å²) in [6.45, 7) is 9.86. The third-order valence-corrected chi connectivity index (χ3v) is 11.4. The molecule has 0 unspecified atom stereocenters. The predicted molar refractivity (Wildman–Crippen MR) is 240 cm³/mol. The Labute approximate surface area is 328 Å². The van der Waals surface area contributed by atoms with Crippen LogP contribution in [0.15, 0.2) is 46.4 Å². The monoisotopic (exact) mass is 726 g/mol. The summed E-state index contributed by atoms with van der Waals surface area (Å²) < 4.78 is 2.61. The van der Waals surface area contributed by atoms with E-state index in [4.69, 9.17) is 9.98 Å². The summed E-state index contributed by atoms with van der Waals surface area (Å²) in [5.74, 6) is 0. The molecule has 1 aromatic heterocycles. The Hall–Kier alpha value is -2.42. The number of aryl methyl sites for hydroxylation is 1. The normalized spacial score (nSPS) is 12.1. The highest BCUT2D eigenvalue weighted by Crippen LogP contribution is 2.31. The first-order valence-corrected chi connectivity index (χ1v) is 23.3. The fraction of sp³-hybridized carbons (Fsp3) is 0.720. The molecule has 3 rings (SSSR count). The minimum atomic E-state index is 0.942. The van der Waals surface area contributed by atoms with Crippen LogP contribution in [0.5, 0.6) is 0 Å². The molecule has 0 amide bonds. The van der Waals surface area contributed by atoms with Crippen molar-refractivity contribution in [1.82, 2.24) is 4.57 Å². The van der Waals surface area contributed by atoms with Gasteiger partial charge in [-0.3, -0.25) is 9.98 Å². The van der Waals surface area contributed by atoms with E-state index in [-0.39, 0.29) is 0 Å². The van der Waals surface area contributed by atoms with Crippen molar-refractivity contribution in [2.75, 3.05) is 13.1 Å². The summed E-state index contributed by atoms with van der Waals surface area (Å²) in [6.07, 6.45) is 45.3. The molecule has 0 aliphatic carbocycles. The van der Waals surface area contributed by atoms with E-state index >= 15 is 0 Å². The van der Waals surface area contributed by atoms with Gasteiger partial charge in [0, 0.05) is 53.9 Å². The van der Waals surface area contributed by atoms with Crippen LogP contribution in [0.3, 0.4) is 0 Å². The largest absolute Gasteiger partial charge is 0.340 e. The van der Waals surface area contributed by atoms with Crippen LogP contribution >= 0.6 is 0 Å². The Morgan fingerprint density at radius 3 is 1.02 bits per heavy atom. The summed E-state index contributed by atoms with van der Waals surface area (Å²) in [5, 5.41) is 2.74. The van der Waals surface area contributed by atoms with E-state index in [0.717, 1.165) is 19.6 Å². The second-order valence-electron chi connectivity index (χ2n) is 16.3. The van der Waals surface area contributed by atoms with Crippen molar-refractivity contribution in [3.63, 3.8) is 0 Å². The quantitative estimate of drug-likeness (QED) is 0.0427. The van der Waals surface area contributed by atoms with E-state index < -0.39 is 0 Å². The van der Waals surface area contributed by atoms with Gasteiger partial charge < -0.3 is 4.57 Å². The summed E-state index contributed by atoms with van der Waals surface area (Å²) in [4.78, 5) is 9.74. The topological polar surface area (TPSA) is 29.6 Å². The number of aliphatic imine (C=N–C) groups is 2. The van der Waals surface area contributed by atoms with Gasteiger partial charge in [-0.25, -0.2) is 0 Å². The number of unbranched alkanes of at least 4 members (excludes halogenated alkanes) is 27. The summed E-state index contributed by atoms with van der Waals surface area (Å²) in [5.41, 5.74) is 5.18. The highest BCUT2D eigenvalue weighted by atomic mass is 15.0. The zero-order chi connectivity index (χ0) is 37.4. The number of hydrogen-bond acceptors (Lipinski definition) is 2. The number of fused-ring (bicyclic) bond motifs is 3. The van der Waals surface area contributed by atoms with Crippen LogP contribution in [0.4, 0.5) is 0 Å². The molecule has 298 valence electrons. The average Bonchev–Trinajstić information content (AvgIpc) is 3.48. The second kappa shape index (κ2) is 30.9. The lowest BCUT2D eigenvalue weighted by atomic mass is 10.1. The predicted octanol–water partition coefficient (Wildman–Crippen LogP) is 16.4. The summed E-state index contributed by atoms with van der Waals surface area (Å²) in [7, 11) is 0. The van der Waals surface area contributed by atoms with E-state index in [0.29, 0.717) is 0 Å². The molecule has 0 saturated heterocycles. The highest BCUT2D eigenvalue weighted by Gasteiger charge is 2.12. The summed E-state index contributed by atoms with van der Waals surface area (Å²) in [6, 6.07) is 14.0. The van der Waals surface area contributed by atoms with Gasteiger partial charge in [0.1, 0.15) is 0 Å². The van der Waals surface area contributed by atoms with E-state index in [1.54, 1.807) is 0 Å². The molecule has 0 aliphatic rings. The number of hydrogen-bond donors (Lipinski definition) is 0. The van der Waals surface area contributed by atoms with Crippen LogP contribution in [-0.2, 0) is 6.54 Å². The van der Waals surface area contributed by atoms with E-state index in [1.807, 2.05) is 0 Å². The van der Waals surface area contributed by atoms with Crippen LogP contribution in [0.1, 0.15) is 225 Å². The molecule has 1 heterocycles. The van der Waals surface area contributed by atoms with Gasteiger partial charge in [-0.1, -0.05) is 218 Å². The minimum Gasteiger partial charge on any atom is -0.340 e. The number of benzene rings is 2. The highest BCUT2D eigenvalue weighted by molar-refractivity contribution is 6.10. The van der Waals surface area contributed by atoms with Crippen LogP contribution in [0.25, 0.3) is 21.8 Å². The first-order chi connectivity index (χ1) is 26.3. The lowest BCUT2D eigenvalue weighted by Crippen LogP contribution is -1.99. The van der Waals surface area contributed by atoms with Gasteiger partial charge in [0.2, 0.25) is 0 Å². The van der Waals surface area contributed by atoms with Crippen molar-refractivity contribution >= 4 is 34.2 Å².